The summed E-state index contributed by atoms with van der Waals surface area (Å²) in [6.07, 6.45) is 7.21. The van der Waals surface area contributed by atoms with Crippen LogP contribution in [0, 0.1) is 0 Å². The number of β-amino-alcohol motifs (C(OH)–C–C–N with tert-alkyl or cyclic N) is 1. The molecule has 5 rings (SSSR count). The monoisotopic (exact) mass is 446 g/mol. The first-order chi connectivity index (χ1) is 16.0. The number of fused-ring (bicyclic) bond motifs is 1. The average molecular weight is 447 g/mol. The van der Waals surface area contributed by atoms with Gasteiger partial charge in [-0.1, -0.05) is 12.1 Å². The number of aromatic nitrogens is 5. The summed E-state index contributed by atoms with van der Waals surface area (Å²) in [5, 5.41) is 20.2. The maximum atomic E-state index is 10.1. The Kier molecular flexibility index (Phi) is 5.84. The zero-order chi connectivity index (χ0) is 22.9. The van der Waals surface area contributed by atoms with Crippen LogP contribution in [0.1, 0.15) is 0 Å². The third-order valence-corrected chi connectivity index (χ3v) is 6.30. The topological polar surface area (TPSA) is 78.5 Å². The van der Waals surface area contributed by atoms with Gasteiger partial charge in [0.25, 0.3) is 0 Å². The lowest BCUT2D eigenvalue weighted by Crippen LogP contribution is -2.50. The number of aliphatic hydroxyl groups excluding tert-OH is 1. The quantitative estimate of drug-likeness (QED) is 0.453. The Labute approximate surface area is 193 Å². The van der Waals surface area contributed by atoms with Crippen molar-refractivity contribution in [2.45, 2.75) is 6.23 Å². The third kappa shape index (κ3) is 4.47. The van der Waals surface area contributed by atoms with Gasteiger partial charge in [0.1, 0.15) is 12.0 Å². The highest BCUT2D eigenvalue weighted by Gasteiger charge is 2.21. The zero-order valence-electron chi connectivity index (χ0n) is 19.3. The van der Waals surface area contributed by atoms with E-state index in [1.165, 1.54) is 0 Å². The second kappa shape index (κ2) is 8.93. The van der Waals surface area contributed by atoms with Crippen LogP contribution in [0.25, 0.3) is 27.7 Å². The van der Waals surface area contributed by atoms with Gasteiger partial charge in [0.15, 0.2) is 0 Å². The molecule has 0 aliphatic carbocycles. The minimum Gasteiger partial charge on any atom is -0.377 e. The molecule has 9 heteroatoms. The summed E-state index contributed by atoms with van der Waals surface area (Å²) in [4.78, 5) is 11.1. The van der Waals surface area contributed by atoms with E-state index in [0.29, 0.717) is 6.54 Å². The predicted octanol–water partition coefficient (Wildman–Crippen LogP) is 1.82. The molecule has 0 bridgehead atoms. The molecule has 0 spiro atoms. The molecule has 9 nitrogen and oxygen atoms in total. The molecule has 0 radical (unpaired) electrons. The molecule has 1 atom stereocenters. The molecule has 1 unspecified atom stereocenters. The minimum absolute atomic E-state index is 0.442. The summed E-state index contributed by atoms with van der Waals surface area (Å²) < 4.78 is 3.79. The van der Waals surface area contributed by atoms with Crippen molar-refractivity contribution in [3.05, 3.63) is 55.1 Å². The Balaban J connectivity index is 1.36. The van der Waals surface area contributed by atoms with Gasteiger partial charge in [0.2, 0.25) is 0 Å². The second-order valence-electron chi connectivity index (χ2n) is 8.84. The lowest BCUT2D eigenvalue weighted by Gasteiger charge is -2.37. The Morgan fingerprint density at radius 1 is 1.00 bits per heavy atom. The zero-order valence-corrected chi connectivity index (χ0v) is 19.3. The fourth-order valence-corrected chi connectivity index (χ4v) is 4.24. The van der Waals surface area contributed by atoms with E-state index in [1.54, 1.807) is 0 Å². The van der Waals surface area contributed by atoms with Crippen molar-refractivity contribution in [2.24, 2.45) is 7.05 Å². The van der Waals surface area contributed by atoms with Gasteiger partial charge in [-0.05, 0) is 31.8 Å². The van der Waals surface area contributed by atoms with Crippen LogP contribution < -0.4 is 4.90 Å². The molecule has 4 aromatic rings. The molecule has 1 aliphatic rings. The van der Waals surface area contributed by atoms with Crippen molar-refractivity contribution in [3.8, 4) is 16.8 Å². The van der Waals surface area contributed by atoms with Crippen molar-refractivity contribution in [1.82, 2.24) is 34.3 Å². The molecule has 3 aromatic heterocycles. The second-order valence-corrected chi connectivity index (χ2v) is 8.84. The minimum atomic E-state index is -0.442. The van der Waals surface area contributed by atoms with Crippen LogP contribution in [0.2, 0.25) is 0 Å². The van der Waals surface area contributed by atoms with Crippen molar-refractivity contribution in [1.29, 1.82) is 0 Å². The van der Waals surface area contributed by atoms with Crippen LogP contribution in [0.5, 0.6) is 0 Å². The molecule has 0 amide bonds. The van der Waals surface area contributed by atoms with Gasteiger partial charge in [-0.3, -0.25) is 14.5 Å². The Morgan fingerprint density at radius 3 is 2.55 bits per heavy atom. The SMILES string of the molecule is CN(C)C(O)CN1CCN(c2cc(-n3ncc4ccc(-c5cnn(C)c5)cc43)ccn2)CC1. The molecule has 1 N–H and O–H groups in total. The fraction of sp³-hybridized carbons (Fsp3) is 0.375. The van der Waals surface area contributed by atoms with Gasteiger partial charge in [0, 0.05) is 69.2 Å². The van der Waals surface area contributed by atoms with E-state index in [4.69, 9.17) is 0 Å². The van der Waals surface area contributed by atoms with Crippen LogP contribution in [0.15, 0.2) is 55.1 Å². The highest BCUT2D eigenvalue weighted by Crippen LogP contribution is 2.27. The van der Waals surface area contributed by atoms with Gasteiger partial charge < -0.3 is 10.0 Å². The van der Waals surface area contributed by atoms with E-state index in [0.717, 1.165) is 59.7 Å². The highest BCUT2D eigenvalue weighted by molar-refractivity contribution is 5.85. The molecule has 1 saturated heterocycles. The largest absolute Gasteiger partial charge is 0.377 e. The average Bonchev–Trinajstić information content (AvgIpc) is 3.45. The maximum Gasteiger partial charge on any atom is 0.130 e. The van der Waals surface area contributed by atoms with Crippen molar-refractivity contribution in [2.75, 3.05) is 51.7 Å². The molecule has 1 aliphatic heterocycles. The van der Waals surface area contributed by atoms with Gasteiger partial charge in [-0.2, -0.15) is 10.2 Å². The molecule has 1 aromatic carbocycles. The number of hydrogen-bond donors (Lipinski definition) is 1. The Hall–Kier alpha value is -3.27. The van der Waals surface area contributed by atoms with Crippen LogP contribution >= 0.6 is 0 Å². The molecular formula is C24H30N8O. The highest BCUT2D eigenvalue weighted by atomic mass is 16.3. The smallest absolute Gasteiger partial charge is 0.130 e. The van der Waals surface area contributed by atoms with E-state index < -0.39 is 6.23 Å². The van der Waals surface area contributed by atoms with E-state index in [1.807, 2.05) is 66.3 Å². The van der Waals surface area contributed by atoms with E-state index >= 15 is 0 Å². The maximum absolute atomic E-state index is 10.1. The van der Waals surface area contributed by atoms with E-state index in [-0.39, 0.29) is 0 Å². The Morgan fingerprint density at radius 2 is 1.82 bits per heavy atom. The molecule has 4 heterocycles. The third-order valence-electron chi connectivity index (χ3n) is 6.30. The molecule has 33 heavy (non-hydrogen) atoms. The summed E-state index contributed by atoms with van der Waals surface area (Å²) >= 11 is 0. The van der Waals surface area contributed by atoms with Crippen LogP contribution in [-0.4, -0.2) is 92.5 Å². The number of pyridine rings is 1. The van der Waals surface area contributed by atoms with Crippen molar-refractivity contribution >= 4 is 16.7 Å². The molecule has 172 valence electrons. The first kappa shape index (κ1) is 21.6. The number of piperazine rings is 1. The van der Waals surface area contributed by atoms with Crippen molar-refractivity contribution < 1.29 is 5.11 Å². The number of hydrogen-bond acceptors (Lipinski definition) is 7. The lowest BCUT2D eigenvalue weighted by molar-refractivity contribution is 0.00754. The summed E-state index contributed by atoms with van der Waals surface area (Å²) in [7, 11) is 5.72. The van der Waals surface area contributed by atoms with Crippen molar-refractivity contribution in [3.63, 3.8) is 0 Å². The first-order valence-electron chi connectivity index (χ1n) is 11.2. The standard InChI is InChI=1S/C24H30N8O/c1-28(2)24(33)17-30-8-10-31(11-9-30)23-13-21(6-7-25-23)32-22-12-18(4-5-19(22)14-27-32)20-15-26-29(3)16-20/h4-7,12-16,24,33H,8-11,17H2,1-3H3. The van der Waals surface area contributed by atoms with E-state index in [9.17, 15) is 5.11 Å². The Bertz CT molecular complexity index is 1240. The normalized spacial score (nSPS) is 16.1. The lowest BCUT2D eigenvalue weighted by atomic mass is 10.1. The summed E-state index contributed by atoms with van der Waals surface area (Å²) in [5.41, 5.74) is 4.24. The van der Waals surface area contributed by atoms with Gasteiger partial charge in [-0.25, -0.2) is 9.67 Å². The number of benzene rings is 1. The number of nitrogens with zero attached hydrogens (tertiary/aromatic N) is 8. The van der Waals surface area contributed by atoms with Gasteiger partial charge >= 0.3 is 0 Å². The summed E-state index contributed by atoms with van der Waals surface area (Å²) in [6, 6.07) is 10.5. The van der Waals surface area contributed by atoms with Crippen LogP contribution in [0.4, 0.5) is 5.82 Å². The number of rotatable bonds is 6. The van der Waals surface area contributed by atoms with Crippen LogP contribution in [-0.2, 0) is 7.05 Å². The summed E-state index contributed by atoms with van der Waals surface area (Å²) in [5.74, 6) is 0.951. The fourth-order valence-electron chi connectivity index (χ4n) is 4.24. The molecule has 0 saturated carbocycles. The van der Waals surface area contributed by atoms with E-state index in [2.05, 4.69) is 49.2 Å². The number of anilines is 1. The van der Waals surface area contributed by atoms with Gasteiger partial charge in [-0.15, -0.1) is 0 Å². The first-order valence-corrected chi connectivity index (χ1v) is 11.2. The van der Waals surface area contributed by atoms with Crippen LogP contribution in [0.3, 0.4) is 0 Å². The predicted molar refractivity (Wildman–Crippen MR) is 129 cm³/mol. The summed E-state index contributed by atoms with van der Waals surface area (Å²) in [6.45, 7) is 4.21. The molecular weight excluding hydrogens is 416 g/mol. The molecule has 1 fully saturated rings. The number of aryl methyl sites for hydroxylation is 1. The number of aliphatic hydroxyl groups is 1. The van der Waals surface area contributed by atoms with Gasteiger partial charge in [0.05, 0.1) is 23.6 Å². The number of likely N-dealkylation sites (N-methyl/N-ethyl adjacent to an activating group) is 1.